The van der Waals surface area contributed by atoms with Gasteiger partial charge in [0.15, 0.2) is 5.82 Å². The molecule has 0 N–H and O–H groups in total. The van der Waals surface area contributed by atoms with E-state index in [2.05, 4.69) is 22.0 Å². The lowest BCUT2D eigenvalue weighted by atomic mass is 9.93. The van der Waals surface area contributed by atoms with Crippen molar-refractivity contribution in [2.75, 3.05) is 26.7 Å². The highest BCUT2D eigenvalue weighted by molar-refractivity contribution is 5.94. The Morgan fingerprint density at radius 2 is 2.24 bits per heavy atom. The van der Waals surface area contributed by atoms with E-state index in [1.165, 1.54) is 0 Å². The van der Waals surface area contributed by atoms with Gasteiger partial charge in [-0.25, -0.2) is 4.98 Å². The average molecular weight is 339 g/mol. The minimum Gasteiger partial charge on any atom is -0.496 e. The lowest BCUT2D eigenvalue weighted by molar-refractivity contribution is 0.0817. The van der Waals surface area contributed by atoms with E-state index in [0.29, 0.717) is 5.82 Å². The summed E-state index contributed by atoms with van der Waals surface area (Å²) in [5.41, 5.74) is 1.07. The van der Waals surface area contributed by atoms with Crippen LogP contribution in [-0.4, -0.2) is 47.0 Å². The van der Waals surface area contributed by atoms with E-state index >= 15 is 0 Å². The smallest absolute Gasteiger partial charge is 0.202 e. The van der Waals surface area contributed by atoms with E-state index in [1.54, 1.807) is 13.3 Å². The number of piperidine rings is 1. The molecule has 0 amide bonds. The first-order valence-electron chi connectivity index (χ1n) is 8.72. The van der Waals surface area contributed by atoms with Crippen molar-refractivity contribution in [1.29, 1.82) is 0 Å². The van der Waals surface area contributed by atoms with Crippen molar-refractivity contribution >= 4 is 11.9 Å². The number of ketones is 1. The molecule has 1 aliphatic heterocycles. The van der Waals surface area contributed by atoms with Gasteiger partial charge in [-0.2, -0.15) is 0 Å². The summed E-state index contributed by atoms with van der Waals surface area (Å²) in [4.78, 5) is 19.2. The zero-order valence-corrected chi connectivity index (χ0v) is 14.9. The number of para-hydroxylation sites is 1. The number of imidazole rings is 1. The molecule has 2 heterocycles. The molecule has 1 aromatic carbocycles. The highest BCUT2D eigenvalue weighted by Gasteiger charge is 2.28. The minimum atomic E-state index is 0.0366. The predicted octanol–water partition coefficient (Wildman–Crippen LogP) is 3.04. The van der Waals surface area contributed by atoms with E-state index in [9.17, 15) is 4.79 Å². The van der Waals surface area contributed by atoms with Gasteiger partial charge >= 0.3 is 0 Å². The fourth-order valence-electron chi connectivity index (χ4n) is 3.35. The number of hydrogen-bond acceptors (Lipinski definition) is 4. The lowest BCUT2D eigenvalue weighted by Crippen LogP contribution is -2.39. The molecule has 2 aromatic rings. The van der Waals surface area contributed by atoms with Crippen LogP contribution >= 0.6 is 0 Å². The number of carbonyl (C=O) groups excluding carboxylic acids is 1. The molecule has 25 heavy (non-hydrogen) atoms. The highest BCUT2D eigenvalue weighted by atomic mass is 16.5. The fourth-order valence-corrected chi connectivity index (χ4v) is 3.35. The van der Waals surface area contributed by atoms with Gasteiger partial charge < -0.3 is 9.30 Å². The number of rotatable bonds is 6. The maximum Gasteiger partial charge on any atom is 0.202 e. The Morgan fingerprint density at radius 3 is 3.00 bits per heavy atom. The Kier molecular flexibility index (Phi) is 5.66. The van der Waals surface area contributed by atoms with Crippen molar-refractivity contribution < 1.29 is 9.53 Å². The quantitative estimate of drug-likeness (QED) is 0.759. The molecule has 1 aliphatic rings. The number of benzene rings is 1. The normalized spacial score (nSPS) is 18.6. The number of aromatic nitrogens is 2. The molecular formula is C20H25N3O2. The second-order valence-corrected chi connectivity index (χ2v) is 6.47. The van der Waals surface area contributed by atoms with E-state index in [-0.39, 0.29) is 11.7 Å². The van der Waals surface area contributed by atoms with Gasteiger partial charge in [-0.05, 0) is 25.5 Å². The van der Waals surface area contributed by atoms with Gasteiger partial charge in [0.25, 0.3) is 0 Å². The molecule has 3 rings (SSSR count). The van der Waals surface area contributed by atoms with Crippen molar-refractivity contribution in [2.24, 2.45) is 13.0 Å². The third kappa shape index (κ3) is 4.17. The van der Waals surface area contributed by atoms with E-state index in [1.807, 2.05) is 42.1 Å². The van der Waals surface area contributed by atoms with Crippen molar-refractivity contribution in [1.82, 2.24) is 14.5 Å². The second-order valence-electron chi connectivity index (χ2n) is 6.47. The summed E-state index contributed by atoms with van der Waals surface area (Å²) in [6, 6.07) is 7.97. The van der Waals surface area contributed by atoms with Gasteiger partial charge in [0, 0.05) is 44.0 Å². The maximum atomic E-state index is 12.7. The highest BCUT2D eigenvalue weighted by Crippen LogP contribution is 2.21. The first-order valence-corrected chi connectivity index (χ1v) is 8.72. The molecule has 5 nitrogen and oxygen atoms in total. The average Bonchev–Trinajstić information content (AvgIpc) is 3.07. The van der Waals surface area contributed by atoms with E-state index in [0.717, 1.165) is 43.8 Å². The van der Waals surface area contributed by atoms with Crippen LogP contribution in [0.4, 0.5) is 0 Å². The number of hydrogen-bond donors (Lipinski definition) is 0. The molecular weight excluding hydrogens is 314 g/mol. The molecule has 1 atom stereocenters. The lowest BCUT2D eigenvalue weighted by Gasteiger charge is -2.30. The van der Waals surface area contributed by atoms with Gasteiger partial charge in [-0.15, -0.1) is 0 Å². The molecule has 1 aromatic heterocycles. The van der Waals surface area contributed by atoms with Gasteiger partial charge in [0.05, 0.1) is 7.11 Å². The standard InChI is InChI=1S/C20H25N3O2/c1-22-14-11-21-20(22)19(24)17-9-6-13-23(15-17)12-5-8-16-7-3-4-10-18(16)25-2/h3-5,7-8,10-11,14,17H,6,9,12-13,15H2,1-2H3/b8-5+/t17-/m1/s1. The van der Waals surface area contributed by atoms with Crippen LogP contribution in [0, 0.1) is 5.92 Å². The van der Waals surface area contributed by atoms with Crippen molar-refractivity contribution in [2.45, 2.75) is 12.8 Å². The summed E-state index contributed by atoms with van der Waals surface area (Å²) >= 11 is 0. The zero-order valence-electron chi connectivity index (χ0n) is 14.9. The van der Waals surface area contributed by atoms with Crippen LogP contribution in [-0.2, 0) is 7.05 Å². The molecule has 5 heteroatoms. The molecule has 0 bridgehead atoms. The minimum absolute atomic E-state index is 0.0366. The first kappa shape index (κ1) is 17.4. The van der Waals surface area contributed by atoms with Crippen LogP contribution in [0.5, 0.6) is 5.75 Å². The van der Waals surface area contributed by atoms with Crippen molar-refractivity contribution in [3.63, 3.8) is 0 Å². The fraction of sp³-hybridized carbons (Fsp3) is 0.400. The number of carbonyl (C=O) groups is 1. The van der Waals surface area contributed by atoms with Crippen molar-refractivity contribution in [3.05, 3.63) is 54.1 Å². The van der Waals surface area contributed by atoms with E-state index in [4.69, 9.17) is 4.74 Å². The van der Waals surface area contributed by atoms with Crippen LogP contribution in [0.2, 0.25) is 0 Å². The summed E-state index contributed by atoms with van der Waals surface area (Å²) in [6.07, 6.45) is 9.73. The Labute approximate surface area is 148 Å². The topological polar surface area (TPSA) is 47.4 Å². The Hall–Kier alpha value is -2.40. The molecule has 1 fully saturated rings. The van der Waals surface area contributed by atoms with Gasteiger partial charge in [-0.3, -0.25) is 9.69 Å². The van der Waals surface area contributed by atoms with Crippen LogP contribution in [0.15, 0.2) is 42.7 Å². The second kappa shape index (κ2) is 8.12. The van der Waals surface area contributed by atoms with Gasteiger partial charge in [0.2, 0.25) is 5.78 Å². The molecule has 0 aliphatic carbocycles. The summed E-state index contributed by atoms with van der Waals surface area (Å²) < 4.78 is 7.18. The third-order valence-electron chi connectivity index (χ3n) is 4.72. The first-order chi connectivity index (χ1) is 12.2. The monoisotopic (exact) mass is 339 g/mol. The number of nitrogens with zero attached hydrogens (tertiary/aromatic N) is 3. The van der Waals surface area contributed by atoms with Crippen molar-refractivity contribution in [3.8, 4) is 5.75 Å². The number of Topliss-reactive ketones (excluding diaryl/α,β-unsaturated/α-hetero) is 1. The summed E-state index contributed by atoms with van der Waals surface area (Å²) in [7, 11) is 3.56. The van der Waals surface area contributed by atoms with Crippen LogP contribution in [0.3, 0.4) is 0 Å². The Bertz CT molecular complexity index is 751. The Morgan fingerprint density at radius 1 is 1.40 bits per heavy atom. The van der Waals surface area contributed by atoms with Crippen LogP contribution in [0.25, 0.3) is 6.08 Å². The van der Waals surface area contributed by atoms with Crippen LogP contribution in [0.1, 0.15) is 29.0 Å². The molecule has 1 saturated heterocycles. The van der Waals surface area contributed by atoms with E-state index < -0.39 is 0 Å². The molecule has 0 saturated carbocycles. The summed E-state index contributed by atoms with van der Waals surface area (Å²) in [5.74, 6) is 1.64. The zero-order chi connectivity index (χ0) is 17.6. The molecule has 0 radical (unpaired) electrons. The molecule has 0 spiro atoms. The molecule has 132 valence electrons. The largest absolute Gasteiger partial charge is 0.496 e. The number of methoxy groups -OCH3 is 1. The maximum absolute atomic E-state index is 12.7. The SMILES string of the molecule is COc1ccccc1/C=C/CN1CCC[C@@H](C(=O)c2nccn2C)C1. The third-order valence-corrected chi connectivity index (χ3v) is 4.72. The number of ether oxygens (including phenoxy) is 1. The number of likely N-dealkylation sites (tertiary alicyclic amines) is 1. The van der Waals surface area contributed by atoms with Crippen LogP contribution < -0.4 is 4.74 Å². The van der Waals surface area contributed by atoms with Gasteiger partial charge in [0.1, 0.15) is 5.75 Å². The Balaban J connectivity index is 1.59. The predicted molar refractivity (Wildman–Crippen MR) is 98.7 cm³/mol. The van der Waals surface area contributed by atoms with Gasteiger partial charge in [-0.1, -0.05) is 30.4 Å². The molecule has 0 unspecified atom stereocenters. The number of aryl methyl sites for hydroxylation is 1. The summed E-state index contributed by atoms with van der Waals surface area (Å²) in [5, 5.41) is 0. The summed E-state index contributed by atoms with van der Waals surface area (Å²) in [6.45, 7) is 2.66.